The van der Waals surface area contributed by atoms with Crippen molar-refractivity contribution >= 4 is 15.8 Å². The van der Waals surface area contributed by atoms with Gasteiger partial charge in [0.2, 0.25) is 11.6 Å². The van der Waals surface area contributed by atoms with E-state index < -0.39 is 10.1 Å². The molecular weight excluding hydrogens is 318 g/mol. The molecule has 3 N–H and O–H groups in total. The van der Waals surface area contributed by atoms with Gasteiger partial charge < -0.3 is 5.73 Å². The third-order valence-electron chi connectivity index (χ3n) is 3.09. The van der Waals surface area contributed by atoms with Gasteiger partial charge in [0.1, 0.15) is 0 Å². The molecule has 0 aliphatic rings. The van der Waals surface area contributed by atoms with Gasteiger partial charge in [0.25, 0.3) is 10.1 Å². The minimum atomic E-state index is -4.24. The predicted octanol–water partition coefficient (Wildman–Crippen LogP) is 1.43. The molecule has 116 valence electrons. The van der Waals surface area contributed by atoms with Crippen LogP contribution in [-0.4, -0.2) is 33.4 Å². The molecule has 0 saturated carbocycles. The lowest BCUT2D eigenvalue weighted by Crippen LogP contribution is -2.02. The van der Waals surface area contributed by atoms with Crippen molar-refractivity contribution in [3.05, 3.63) is 48.5 Å². The van der Waals surface area contributed by atoms with Crippen molar-refractivity contribution in [1.82, 2.24) is 20.4 Å². The second kappa shape index (κ2) is 5.71. The molecule has 23 heavy (non-hydrogen) atoms. The van der Waals surface area contributed by atoms with Crippen molar-refractivity contribution < 1.29 is 13.0 Å². The Morgan fingerprint density at radius 1 is 0.826 bits per heavy atom. The fourth-order valence-corrected chi connectivity index (χ4v) is 2.41. The Bertz CT molecular complexity index is 941. The van der Waals surface area contributed by atoms with Crippen LogP contribution in [-0.2, 0) is 10.1 Å². The van der Waals surface area contributed by atoms with E-state index in [4.69, 9.17) is 10.3 Å². The molecule has 0 atom stereocenters. The zero-order valence-electron chi connectivity index (χ0n) is 11.7. The molecule has 0 aliphatic carbocycles. The Balaban J connectivity index is 1.92. The zero-order valence-corrected chi connectivity index (χ0v) is 12.5. The molecule has 1 aromatic heterocycles. The highest BCUT2D eigenvalue weighted by Gasteiger charge is 2.11. The predicted molar refractivity (Wildman–Crippen MR) is 82.7 cm³/mol. The van der Waals surface area contributed by atoms with E-state index in [1.165, 1.54) is 24.3 Å². The standard InChI is InChI=1S/C14H11N5O3S/c15-12-4-2-1-3-11(12)14-18-16-13(17-19-14)9-5-7-10(8-6-9)23(20,21)22/h1-8H,15H2,(H,20,21,22). The fourth-order valence-electron chi connectivity index (χ4n) is 1.93. The monoisotopic (exact) mass is 329 g/mol. The lowest BCUT2D eigenvalue weighted by molar-refractivity contribution is 0.483. The van der Waals surface area contributed by atoms with Crippen molar-refractivity contribution in [2.24, 2.45) is 0 Å². The molecule has 0 saturated heterocycles. The minimum absolute atomic E-state index is 0.212. The second-order valence-corrected chi connectivity index (χ2v) is 6.06. The Morgan fingerprint density at radius 3 is 1.96 bits per heavy atom. The summed E-state index contributed by atoms with van der Waals surface area (Å²) in [5, 5.41) is 15.9. The first kappa shape index (κ1) is 15.0. The average molecular weight is 329 g/mol. The number of aromatic nitrogens is 4. The van der Waals surface area contributed by atoms with Gasteiger partial charge in [-0.25, -0.2) is 0 Å². The van der Waals surface area contributed by atoms with Crippen molar-refractivity contribution in [2.45, 2.75) is 4.90 Å². The lowest BCUT2D eigenvalue weighted by Gasteiger charge is -2.03. The number of hydrogen-bond donors (Lipinski definition) is 2. The summed E-state index contributed by atoms with van der Waals surface area (Å²) < 4.78 is 30.9. The maximum absolute atomic E-state index is 11.0. The number of anilines is 1. The maximum atomic E-state index is 11.0. The van der Waals surface area contributed by atoms with Crippen LogP contribution in [0.25, 0.3) is 22.8 Å². The van der Waals surface area contributed by atoms with Crippen molar-refractivity contribution in [3.8, 4) is 22.8 Å². The first-order valence-electron chi connectivity index (χ1n) is 6.45. The van der Waals surface area contributed by atoms with Gasteiger partial charge in [-0.15, -0.1) is 20.4 Å². The molecule has 0 aliphatic heterocycles. The Labute approximate surface area is 131 Å². The Hall–Kier alpha value is -2.91. The molecule has 2 aromatic carbocycles. The van der Waals surface area contributed by atoms with Crippen LogP contribution in [0.5, 0.6) is 0 Å². The van der Waals surface area contributed by atoms with Gasteiger partial charge in [-0.05, 0) is 36.4 Å². The smallest absolute Gasteiger partial charge is 0.294 e. The third-order valence-corrected chi connectivity index (χ3v) is 3.96. The van der Waals surface area contributed by atoms with E-state index in [0.29, 0.717) is 22.6 Å². The summed E-state index contributed by atoms with van der Waals surface area (Å²) in [6, 6.07) is 12.5. The van der Waals surface area contributed by atoms with E-state index in [-0.39, 0.29) is 10.7 Å². The van der Waals surface area contributed by atoms with E-state index in [9.17, 15) is 8.42 Å². The average Bonchev–Trinajstić information content (AvgIpc) is 2.55. The molecule has 0 unspecified atom stereocenters. The molecule has 0 fully saturated rings. The Morgan fingerprint density at radius 2 is 1.39 bits per heavy atom. The van der Waals surface area contributed by atoms with Gasteiger partial charge in [0.15, 0.2) is 0 Å². The number of nitrogens with two attached hydrogens (primary N) is 1. The quantitative estimate of drug-likeness (QED) is 0.545. The van der Waals surface area contributed by atoms with E-state index in [1.54, 1.807) is 24.3 Å². The van der Waals surface area contributed by atoms with E-state index >= 15 is 0 Å². The normalized spacial score (nSPS) is 11.3. The molecular formula is C14H11N5O3S. The SMILES string of the molecule is Nc1ccccc1-c1nnc(-c2ccc(S(=O)(=O)O)cc2)nn1. The summed E-state index contributed by atoms with van der Waals surface area (Å²) in [5.41, 5.74) is 7.50. The van der Waals surface area contributed by atoms with Crippen LogP contribution in [0.15, 0.2) is 53.4 Å². The Kier molecular flexibility index (Phi) is 3.72. The van der Waals surface area contributed by atoms with Gasteiger partial charge in [0.05, 0.1) is 4.90 Å². The maximum Gasteiger partial charge on any atom is 0.294 e. The number of para-hydroxylation sites is 1. The second-order valence-electron chi connectivity index (χ2n) is 4.63. The van der Waals surface area contributed by atoms with E-state index in [1.807, 2.05) is 0 Å². The minimum Gasteiger partial charge on any atom is -0.398 e. The van der Waals surface area contributed by atoms with Crippen molar-refractivity contribution in [1.29, 1.82) is 0 Å². The summed E-state index contributed by atoms with van der Waals surface area (Å²) >= 11 is 0. The summed E-state index contributed by atoms with van der Waals surface area (Å²) in [7, 11) is -4.24. The number of hydrogen-bond acceptors (Lipinski definition) is 7. The highest BCUT2D eigenvalue weighted by atomic mass is 32.2. The molecule has 8 nitrogen and oxygen atoms in total. The molecule has 3 rings (SSSR count). The van der Waals surface area contributed by atoms with Crippen molar-refractivity contribution in [2.75, 3.05) is 5.73 Å². The van der Waals surface area contributed by atoms with E-state index in [0.717, 1.165) is 0 Å². The summed E-state index contributed by atoms with van der Waals surface area (Å²) in [6.45, 7) is 0. The van der Waals surface area contributed by atoms with Gasteiger partial charge in [0, 0.05) is 16.8 Å². The van der Waals surface area contributed by atoms with Crippen LogP contribution in [0.2, 0.25) is 0 Å². The largest absolute Gasteiger partial charge is 0.398 e. The number of rotatable bonds is 3. The highest BCUT2D eigenvalue weighted by molar-refractivity contribution is 7.85. The lowest BCUT2D eigenvalue weighted by atomic mass is 10.2. The van der Waals surface area contributed by atoms with Gasteiger partial charge in [-0.3, -0.25) is 4.55 Å². The molecule has 0 spiro atoms. The molecule has 0 radical (unpaired) electrons. The van der Waals surface area contributed by atoms with Gasteiger partial charge in [-0.2, -0.15) is 8.42 Å². The first-order valence-corrected chi connectivity index (χ1v) is 7.89. The van der Waals surface area contributed by atoms with Crippen LogP contribution in [0, 0.1) is 0 Å². The van der Waals surface area contributed by atoms with Gasteiger partial charge >= 0.3 is 0 Å². The van der Waals surface area contributed by atoms with Crippen molar-refractivity contribution in [3.63, 3.8) is 0 Å². The molecule has 1 heterocycles. The number of nitrogen functional groups attached to an aromatic ring is 1. The zero-order chi connectivity index (χ0) is 16.4. The molecule has 3 aromatic rings. The van der Waals surface area contributed by atoms with E-state index in [2.05, 4.69) is 20.4 Å². The summed E-state index contributed by atoms with van der Waals surface area (Å²) in [6.07, 6.45) is 0. The van der Waals surface area contributed by atoms with Crippen LogP contribution in [0.4, 0.5) is 5.69 Å². The van der Waals surface area contributed by atoms with Gasteiger partial charge in [-0.1, -0.05) is 12.1 Å². The summed E-state index contributed by atoms with van der Waals surface area (Å²) in [4.78, 5) is -0.212. The van der Waals surface area contributed by atoms with Crippen LogP contribution < -0.4 is 5.73 Å². The number of nitrogens with zero attached hydrogens (tertiary/aromatic N) is 4. The molecule has 9 heteroatoms. The van der Waals surface area contributed by atoms with Crippen LogP contribution in [0.1, 0.15) is 0 Å². The molecule has 0 bridgehead atoms. The first-order chi connectivity index (χ1) is 10.9. The third kappa shape index (κ3) is 3.15. The summed E-state index contributed by atoms with van der Waals surface area (Å²) in [5.74, 6) is 0.520. The highest BCUT2D eigenvalue weighted by Crippen LogP contribution is 2.22. The van der Waals surface area contributed by atoms with Crippen LogP contribution >= 0.6 is 0 Å². The topological polar surface area (TPSA) is 132 Å². The fraction of sp³-hybridized carbons (Fsp3) is 0. The number of benzene rings is 2. The van der Waals surface area contributed by atoms with Crippen LogP contribution in [0.3, 0.4) is 0 Å². The molecule has 0 amide bonds.